The molecule has 0 bridgehead atoms. The minimum atomic E-state index is 0.718. The van der Waals surface area contributed by atoms with E-state index in [9.17, 15) is 0 Å². The van der Waals surface area contributed by atoms with Crippen LogP contribution >= 0.6 is 11.8 Å². The molecule has 0 aliphatic rings. The van der Waals surface area contributed by atoms with Gasteiger partial charge in [-0.3, -0.25) is 0 Å². The van der Waals surface area contributed by atoms with Gasteiger partial charge in [0.15, 0.2) is 0 Å². The molecule has 1 aromatic rings. The van der Waals surface area contributed by atoms with Gasteiger partial charge < -0.3 is 5.73 Å². The molecule has 0 aliphatic heterocycles. The fourth-order valence-electron chi connectivity index (χ4n) is 0.873. The molecule has 0 unspecified atom stereocenters. The molecule has 0 saturated heterocycles. The van der Waals surface area contributed by atoms with Crippen LogP contribution in [0.4, 0.5) is 5.69 Å². The van der Waals surface area contributed by atoms with Crippen LogP contribution in [0.15, 0.2) is 29.9 Å². The number of nitrogens with two attached hydrogens (primary N) is 1. The number of nitrogens with zero attached hydrogens (tertiary/aromatic N) is 1. The number of hydrogen-bond acceptors (Lipinski definition) is 3. The van der Waals surface area contributed by atoms with Crippen molar-refractivity contribution in [1.82, 2.24) is 4.98 Å². The van der Waals surface area contributed by atoms with Crippen molar-refractivity contribution in [1.29, 1.82) is 0 Å². The standard InChI is InChI=1S/C9H12N2S/c1-3-4-12-9-7(2)5-8(10)6-11-9/h3,5-6H,1,4,10H2,2H3. The van der Waals surface area contributed by atoms with Gasteiger partial charge >= 0.3 is 0 Å². The Labute approximate surface area is 76.9 Å². The van der Waals surface area contributed by atoms with E-state index >= 15 is 0 Å². The SMILES string of the molecule is C=CCSc1ncc(N)cc1C. The van der Waals surface area contributed by atoms with Crippen LogP contribution in [0, 0.1) is 6.92 Å². The summed E-state index contributed by atoms with van der Waals surface area (Å²) in [5.74, 6) is 0.887. The molecule has 12 heavy (non-hydrogen) atoms. The van der Waals surface area contributed by atoms with Crippen molar-refractivity contribution in [3.8, 4) is 0 Å². The van der Waals surface area contributed by atoms with Crippen LogP contribution in [0.5, 0.6) is 0 Å². The maximum absolute atomic E-state index is 5.56. The third-order valence-corrected chi connectivity index (χ3v) is 2.49. The largest absolute Gasteiger partial charge is 0.397 e. The highest BCUT2D eigenvalue weighted by atomic mass is 32.2. The van der Waals surface area contributed by atoms with Gasteiger partial charge in [-0.05, 0) is 18.6 Å². The third kappa shape index (κ3) is 2.27. The van der Waals surface area contributed by atoms with E-state index in [1.165, 1.54) is 0 Å². The van der Waals surface area contributed by atoms with Crippen molar-refractivity contribution >= 4 is 17.4 Å². The van der Waals surface area contributed by atoms with Crippen LogP contribution in [-0.2, 0) is 0 Å². The predicted molar refractivity (Wildman–Crippen MR) is 54.3 cm³/mol. The van der Waals surface area contributed by atoms with Crippen molar-refractivity contribution in [3.63, 3.8) is 0 Å². The Morgan fingerprint density at radius 2 is 2.50 bits per heavy atom. The van der Waals surface area contributed by atoms with Gasteiger partial charge in [0.05, 0.1) is 16.9 Å². The van der Waals surface area contributed by atoms with E-state index in [-0.39, 0.29) is 0 Å². The molecule has 0 aromatic carbocycles. The molecule has 0 saturated carbocycles. The van der Waals surface area contributed by atoms with Gasteiger partial charge in [0.2, 0.25) is 0 Å². The van der Waals surface area contributed by atoms with E-state index in [4.69, 9.17) is 5.73 Å². The van der Waals surface area contributed by atoms with Crippen molar-refractivity contribution < 1.29 is 0 Å². The first-order chi connectivity index (χ1) is 5.74. The Kier molecular flexibility index (Phi) is 3.17. The second kappa shape index (κ2) is 4.16. The van der Waals surface area contributed by atoms with Crippen molar-refractivity contribution in [2.24, 2.45) is 0 Å². The molecule has 2 N–H and O–H groups in total. The van der Waals surface area contributed by atoms with Gasteiger partial charge in [-0.25, -0.2) is 4.98 Å². The molecule has 1 aromatic heterocycles. The zero-order chi connectivity index (χ0) is 8.97. The molecule has 0 atom stereocenters. The van der Waals surface area contributed by atoms with Gasteiger partial charge in [0.1, 0.15) is 0 Å². The summed E-state index contributed by atoms with van der Waals surface area (Å²) in [5, 5.41) is 1.03. The van der Waals surface area contributed by atoms with Crippen LogP contribution in [0.3, 0.4) is 0 Å². The lowest BCUT2D eigenvalue weighted by Gasteiger charge is -2.02. The van der Waals surface area contributed by atoms with E-state index in [0.29, 0.717) is 0 Å². The molecule has 0 fully saturated rings. The summed E-state index contributed by atoms with van der Waals surface area (Å²) < 4.78 is 0. The summed E-state index contributed by atoms with van der Waals surface area (Å²) in [6, 6.07) is 1.93. The van der Waals surface area contributed by atoms with E-state index in [2.05, 4.69) is 11.6 Å². The van der Waals surface area contributed by atoms with Gasteiger partial charge in [-0.2, -0.15) is 0 Å². The molecule has 1 heterocycles. The van der Waals surface area contributed by atoms with Crippen molar-refractivity contribution in [2.75, 3.05) is 11.5 Å². The predicted octanol–water partition coefficient (Wildman–Crippen LogP) is 2.25. The fourth-order valence-corrected chi connectivity index (χ4v) is 1.56. The van der Waals surface area contributed by atoms with E-state index in [1.807, 2.05) is 19.1 Å². The van der Waals surface area contributed by atoms with Gasteiger partial charge in [-0.15, -0.1) is 18.3 Å². The lowest BCUT2D eigenvalue weighted by Crippen LogP contribution is -1.91. The molecular weight excluding hydrogens is 168 g/mol. The monoisotopic (exact) mass is 180 g/mol. The molecule has 0 spiro atoms. The molecule has 0 amide bonds. The van der Waals surface area contributed by atoms with Crippen LogP contribution in [0.1, 0.15) is 5.56 Å². The van der Waals surface area contributed by atoms with E-state index in [1.54, 1.807) is 18.0 Å². The average molecular weight is 180 g/mol. The summed E-state index contributed by atoms with van der Waals surface area (Å²) in [6.45, 7) is 5.66. The molecule has 1 rings (SSSR count). The first kappa shape index (κ1) is 9.13. The van der Waals surface area contributed by atoms with Gasteiger partial charge in [-0.1, -0.05) is 6.08 Å². The zero-order valence-corrected chi connectivity index (χ0v) is 7.90. The number of aryl methyl sites for hydroxylation is 1. The summed E-state index contributed by atoms with van der Waals surface area (Å²) in [7, 11) is 0. The number of nitrogen functional groups attached to an aromatic ring is 1. The first-order valence-corrected chi connectivity index (χ1v) is 4.68. The van der Waals surface area contributed by atoms with Gasteiger partial charge in [0.25, 0.3) is 0 Å². The highest BCUT2D eigenvalue weighted by Crippen LogP contribution is 2.20. The lowest BCUT2D eigenvalue weighted by atomic mass is 10.3. The molecule has 0 aliphatic carbocycles. The molecule has 2 nitrogen and oxygen atoms in total. The second-order valence-electron chi connectivity index (χ2n) is 2.49. The van der Waals surface area contributed by atoms with Crippen LogP contribution < -0.4 is 5.73 Å². The first-order valence-electron chi connectivity index (χ1n) is 3.70. The minimum absolute atomic E-state index is 0.718. The Balaban J connectivity index is 2.78. The zero-order valence-electron chi connectivity index (χ0n) is 7.08. The van der Waals surface area contributed by atoms with Crippen LogP contribution in [-0.4, -0.2) is 10.7 Å². The smallest absolute Gasteiger partial charge is 0.0993 e. The summed E-state index contributed by atoms with van der Waals surface area (Å²) in [6.07, 6.45) is 3.54. The fraction of sp³-hybridized carbons (Fsp3) is 0.222. The number of aromatic nitrogens is 1. The van der Waals surface area contributed by atoms with Crippen molar-refractivity contribution in [3.05, 3.63) is 30.5 Å². The maximum atomic E-state index is 5.56. The Morgan fingerprint density at radius 3 is 3.08 bits per heavy atom. The van der Waals surface area contributed by atoms with Gasteiger partial charge in [0, 0.05) is 5.75 Å². The Hall–Kier alpha value is -0.960. The lowest BCUT2D eigenvalue weighted by molar-refractivity contribution is 1.09. The molecule has 0 radical (unpaired) electrons. The van der Waals surface area contributed by atoms with Crippen LogP contribution in [0.25, 0.3) is 0 Å². The second-order valence-corrected chi connectivity index (χ2v) is 3.50. The third-order valence-electron chi connectivity index (χ3n) is 1.39. The normalized spacial score (nSPS) is 9.75. The average Bonchev–Trinajstić information content (AvgIpc) is 2.03. The quantitative estimate of drug-likeness (QED) is 0.572. The number of pyridine rings is 1. The summed E-state index contributed by atoms with van der Waals surface area (Å²) in [4.78, 5) is 4.21. The number of hydrogen-bond donors (Lipinski definition) is 1. The van der Waals surface area contributed by atoms with Crippen molar-refractivity contribution in [2.45, 2.75) is 11.9 Å². The number of rotatable bonds is 3. The molecular formula is C9H12N2S. The van der Waals surface area contributed by atoms with E-state index < -0.39 is 0 Å². The highest BCUT2D eigenvalue weighted by molar-refractivity contribution is 7.99. The topological polar surface area (TPSA) is 38.9 Å². The number of anilines is 1. The van der Waals surface area contributed by atoms with E-state index in [0.717, 1.165) is 22.0 Å². The molecule has 64 valence electrons. The molecule has 3 heteroatoms. The maximum Gasteiger partial charge on any atom is 0.0993 e. The highest BCUT2D eigenvalue weighted by Gasteiger charge is 1.98. The summed E-state index contributed by atoms with van der Waals surface area (Å²) >= 11 is 1.67. The minimum Gasteiger partial charge on any atom is -0.397 e. The Morgan fingerprint density at radius 1 is 1.75 bits per heavy atom. The number of thioether (sulfide) groups is 1. The Bertz CT molecular complexity index is 284. The van der Waals surface area contributed by atoms with Crippen LogP contribution in [0.2, 0.25) is 0 Å². The summed E-state index contributed by atoms with van der Waals surface area (Å²) in [5.41, 5.74) is 7.41.